The molecule has 1 saturated heterocycles. The Morgan fingerprint density at radius 3 is 2.71 bits per heavy atom. The predicted molar refractivity (Wildman–Crippen MR) is 118 cm³/mol. The van der Waals surface area contributed by atoms with Crippen LogP contribution in [-0.2, 0) is 0 Å². The minimum Gasteiger partial charge on any atom is -0.356 e. The van der Waals surface area contributed by atoms with Gasteiger partial charge in [0.25, 0.3) is 5.91 Å². The molecule has 0 bridgehead atoms. The molecule has 1 aliphatic heterocycles. The Bertz CT molecular complexity index is 1240. The number of amides is 1. The number of benzene rings is 1. The number of rotatable bonds is 6. The fourth-order valence-corrected chi connectivity index (χ4v) is 4.54. The van der Waals surface area contributed by atoms with E-state index in [0.29, 0.717) is 21.9 Å². The number of ketones is 1. The van der Waals surface area contributed by atoms with Gasteiger partial charge in [0.2, 0.25) is 0 Å². The molecule has 0 aliphatic carbocycles. The molecular weight excluding hydrogens is 412 g/mol. The molecule has 1 amide bonds. The maximum atomic E-state index is 12.7. The van der Waals surface area contributed by atoms with Crippen molar-refractivity contribution in [2.45, 2.75) is 17.9 Å². The van der Waals surface area contributed by atoms with Crippen molar-refractivity contribution in [2.24, 2.45) is 0 Å². The van der Waals surface area contributed by atoms with Gasteiger partial charge >= 0.3 is 0 Å². The number of thioether (sulfide) groups is 1. The minimum absolute atomic E-state index is 0.0463. The summed E-state index contributed by atoms with van der Waals surface area (Å²) in [5, 5.41) is 5.93. The Balaban J connectivity index is 1.31. The molecule has 4 aromatic rings. The van der Waals surface area contributed by atoms with Crippen molar-refractivity contribution in [3.8, 4) is 5.69 Å². The van der Waals surface area contributed by atoms with Gasteiger partial charge in [0.05, 0.1) is 23.0 Å². The van der Waals surface area contributed by atoms with E-state index in [2.05, 4.69) is 20.1 Å². The predicted octanol–water partition coefficient (Wildman–Crippen LogP) is 3.35. The largest absolute Gasteiger partial charge is 0.356 e. The zero-order valence-electron chi connectivity index (χ0n) is 16.7. The van der Waals surface area contributed by atoms with Crippen LogP contribution in [0.1, 0.15) is 33.7 Å². The Morgan fingerprint density at radius 2 is 1.90 bits per heavy atom. The van der Waals surface area contributed by atoms with Gasteiger partial charge in [-0.1, -0.05) is 30.0 Å². The molecule has 1 fully saturated rings. The first-order chi connectivity index (χ1) is 15.2. The van der Waals surface area contributed by atoms with Crippen LogP contribution < -0.4 is 0 Å². The summed E-state index contributed by atoms with van der Waals surface area (Å²) in [6, 6.07) is 11.4. The number of para-hydroxylation sites is 1. The van der Waals surface area contributed by atoms with Crippen LogP contribution in [0.25, 0.3) is 16.7 Å². The summed E-state index contributed by atoms with van der Waals surface area (Å²) in [6.45, 7) is 1.55. The van der Waals surface area contributed by atoms with Gasteiger partial charge in [-0.15, -0.1) is 0 Å². The first-order valence-corrected chi connectivity index (χ1v) is 11.1. The van der Waals surface area contributed by atoms with Gasteiger partial charge in [-0.3, -0.25) is 9.59 Å². The summed E-state index contributed by atoms with van der Waals surface area (Å²) in [5.74, 6) is 0.0941. The smallest absolute Gasteiger partial charge is 0.270 e. The molecular formula is C22H20N6O2S. The number of hydrogen-bond donors (Lipinski definition) is 1. The second-order valence-electron chi connectivity index (χ2n) is 7.32. The van der Waals surface area contributed by atoms with Crippen molar-refractivity contribution < 1.29 is 9.59 Å². The number of fused-ring (bicyclic) bond motifs is 1. The quantitative estimate of drug-likeness (QED) is 0.285. The zero-order chi connectivity index (χ0) is 21.2. The Kier molecular flexibility index (Phi) is 5.25. The van der Waals surface area contributed by atoms with Crippen LogP contribution in [0.3, 0.4) is 0 Å². The number of aromatic amines is 1. The number of H-pyrrole nitrogens is 1. The number of hydrogen-bond acceptors (Lipinski definition) is 6. The van der Waals surface area contributed by atoms with E-state index in [4.69, 9.17) is 0 Å². The van der Waals surface area contributed by atoms with Crippen LogP contribution in [0.5, 0.6) is 0 Å². The molecule has 156 valence electrons. The average Bonchev–Trinajstić information content (AvgIpc) is 3.58. The van der Waals surface area contributed by atoms with Crippen molar-refractivity contribution in [3.05, 3.63) is 66.4 Å². The first-order valence-electron chi connectivity index (χ1n) is 10.1. The van der Waals surface area contributed by atoms with Crippen LogP contribution >= 0.6 is 11.8 Å². The third kappa shape index (κ3) is 3.84. The molecule has 4 heterocycles. The van der Waals surface area contributed by atoms with E-state index in [0.717, 1.165) is 37.0 Å². The maximum absolute atomic E-state index is 12.7. The molecule has 1 N–H and O–H groups in total. The summed E-state index contributed by atoms with van der Waals surface area (Å²) in [5.41, 5.74) is 2.56. The van der Waals surface area contributed by atoms with E-state index in [1.165, 1.54) is 18.1 Å². The lowest BCUT2D eigenvalue weighted by atomic mass is 10.2. The van der Waals surface area contributed by atoms with E-state index in [-0.39, 0.29) is 17.4 Å². The highest BCUT2D eigenvalue weighted by molar-refractivity contribution is 8.00. The minimum atomic E-state index is -0.0658. The number of carbonyl (C=O) groups is 2. The van der Waals surface area contributed by atoms with Crippen LogP contribution in [-0.4, -0.2) is 60.2 Å². The highest BCUT2D eigenvalue weighted by atomic mass is 32.2. The molecule has 0 radical (unpaired) electrons. The second kappa shape index (κ2) is 8.35. The number of Topliss-reactive ketones (excluding diaryl/α,β-unsaturated/α-hetero) is 1. The van der Waals surface area contributed by atoms with Crippen molar-refractivity contribution in [2.75, 3.05) is 18.8 Å². The first kappa shape index (κ1) is 19.5. The van der Waals surface area contributed by atoms with Crippen molar-refractivity contribution in [1.29, 1.82) is 0 Å². The number of aromatic nitrogens is 5. The van der Waals surface area contributed by atoms with Gasteiger partial charge in [0.1, 0.15) is 17.0 Å². The van der Waals surface area contributed by atoms with Crippen molar-refractivity contribution in [1.82, 2.24) is 29.6 Å². The lowest BCUT2D eigenvalue weighted by molar-refractivity contribution is 0.0787. The van der Waals surface area contributed by atoms with E-state index >= 15 is 0 Å². The monoisotopic (exact) mass is 432 g/mol. The van der Waals surface area contributed by atoms with Gasteiger partial charge in [-0.2, -0.15) is 5.10 Å². The summed E-state index contributed by atoms with van der Waals surface area (Å²) < 4.78 is 1.76. The summed E-state index contributed by atoms with van der Waals surface area (Å²) in [4.78, 5) is 38.7. The standard InChI is InChI=1S/C22H20N6O2S/c29-19(15-10-18(23-11-15)22(30)27-8-4-5-9-27)13-31-21-17-12-26-28(20(17)24-14-25-21)16-6-2-1-3-7-16/h1-3,6-7,10-12,14,23H,4-5,8-9,13H2. The van der Waals surface area contributed by atoms with Gasteiger partial charge in [0, 0.05) is 24.8 Å². The van der Waals surface area contributed by atoms with Gasteiger partial charge in [0.15, 0.2) is 11.4 Å². The zero-order valence-corrected chi connectivity index (χ0v) is 17.5. The molecule has 31 heavy (non-hydrogen) atoms. The highest BCUT2D eigenvalue weighted by Gasteiger charge is 2.22. The molecule has 1 aromatic carbocycles. The third-order valence-electron chi connectivity index (χ3n) is 5.30. The summed E-state index contributed by atoms with van der Waals surface area (Å²) in [6.07, 6.45) is 6.87. The van der Waals surface area contributed by atoms with Gasteiger partial charge in [-0.25, -0.2) is 14.6 Å². The molecule has 0 unspecified atom stereocenters. The van der Waals surface area contributed by atoms with E-state index in [1.807, 2.05) is 35.2 Å². The maximum Gasteiger partial charge on any atom is 0.270 e. The van der Waals surface area contributed by atoms with Gasteiger partial charge in [-0.05, 0) is 31.0 Å². The molecule has 8 nitrogen and oxygen atoms in total. The second-order valence-corrected chi connectivity index (χ2v) is 8.29. The molecule has 5 rings (SSSR count). The summed E-state index contributed by atoms with van der Waals surface area (Å²) in [7, 11) is 0. The fourth-order valence-electron chi connectivity index (χ4n) is 3.68. The molecule has 0 saturated carbocycles. The van der Waals surface area contributed by atoms with Crippen LogP contribution in [0.15, 0.2) is 60.1 Å². The van der Waals surface area contributed by atoms with Crippen molar-refractivity contribution in [3.63, 3.8) is 0 Å². The van der Waals surface area contributed by atoms with Crippen LogP contribution in [0.2, 0.25) is 0 Å². The average molecular weight is 433 g/mol. The number of nitrogens with zero attached hydrogens (tertiary/aromatic N) is 5. The van der Waals surface area contributed by atoms with E-state index in [9.17, 15) is 9.59 Å². The normalized spacial score (nSPS) is 13.7. The summed E-state index contributed by atoms with van der Waals surface area (Å²) >= 11 is 1.34. The van der Waals surface area contributed by atoms with Crippen molar-refractivity contribution >= 4 is 34.5 Å². The number of likely N-dealkylation sites (tertiary alicyclic amines) is 1. The van der Waals surface area contributed by atoms with Crippen LogP contribution in [0, 0.1) is 0 Å². The van der Waals surface area contributed by atoms with E-state index < -0.39 is 0 Å². The molecule has 9 heteroatoms. The Hall–Kier alpha value is -3.46. The number of carbonyl (C=O) groups excluding carboxylic acids is 2. The fraction of sp³-hybridized carbons (Fsp3) is 0.227. The lowest BCUT2D eigenvalue weighted by Gasteiger charge is -2.13. The molecule has 0 atom stereocenters. The lowest BCUT2D eigenvalue weighted by Crippen LogP contribution is -2.27. The molecule has 3 aromatic heterocycles. The van der Waals surface area contributed by atoms with Crippen LogP contribution in [0.4, 0.5) is 0 Å². The molecule has 0 spiro atoms. The third-order valence-corrected chi connectivity index (χ3v) is 6.30. The number of nitrogens with one attached hydrogen (secondary N) is 1. The Morgan fingerprint density at radius 1 is 1.10 bits per heavy atom. The SMILES string of the molecule is O=C(CSc1ncnc2c1cnn2-c1ccccc1)c1c[nH]c(C(=O)N2CCCC2)c1. The van der Waals surface area contributed by atoms with E-state index in [1.54, 1.807) is 23.1 Å². The van der Waals surface area contributed by atoms with Gasteiger partial charge < -0.3 is 9.88 Å². The topological polar surface area (TPSA) is 96.8 Å². The highest BCUT2D eigenvalue weighted by Crippen LogP contribution is 2.26. The molecule has 1 aliphatic rings. The Labute approximate surface area is 182 Å².